The Labute approximate surface area is 92.4 Å². The predicted octanol–water partition coefficient (Wildman–Crippen LogP) is 2.76. The number of ether oxygens (including phenoxy) is 1. The van der Waals surface area contributed by atoms with E-state index in [2.05, 4.69) is 19.1 Å². The number of aryl methyl sites for hydroxylation is 1. The van der Waals surface area contributed by atoms with Crippen molar-refractivity contribution < 1.29 is 4.74 Å². The quantitative estimate of drug-likeness (QED) is 0.778. The molecular weight excluding hydrogens is 186 g/mol. The maximum atomic E-state index is 5.89. The molecule has 2 nitrogen and oxygen atoms in total. The largest absolute Gasteiger partial charge is 0.494 e. The molecule has 0 aliphatic rings. The van der Waals surface area contributed by atoms with Crippen LogP contribution in [0, 0.1) is 0 Å². The summed E-state index contributed by atoms with van der Waals surface area (Å²) in [4.78, 5) is 0. The monoisotopic (exact) mass is 207 g/mol. The Balaban J connectivity index is 2.50. The molecule has 0 heterocycles. The van der Waals surface area contributed by atoms with Gasteiger partial charge in [-0.05, 0) is 43.9 Å². The first-order chi connectivity index (χ1) is 7.26. The lowest BCUT2D eigenvalue weighted by Crippen LogP contribution is -2.19. The summed E-state index contributed by atoms with van der Waals surface area (Å²) in [5.74, 6) is 0.958. The van der Waals surface area contributed by atoms with Crippen molar-refractivity contribution in [2.24, 2.45) is 5.73 Å². The Kier molecular flexibility index (Phi) is 5.19. The van der Waals surface area contributed by atoms with E-state index in [-0.39, 0.29) is 0 Å². The lowest BCUT2D eigenvalue weighted by Gasteiger charge is -2.09. The molecule has 84 valence electrons. The molecule has 0 bridgehead atoms. The second kappa shape index (κ2) is 6.46. The van der Waals surface area contributed by atoms with Crippen LogP contribution in [0.5, 0.6) is 5.75 Å². The Bertz CT molecular complexity index is 286. The van der Waals surface area contributed by atoms with Crippen molar-refractivity contribution in [2.75, 3.05) is 6.61 Å². The first-order valence-electron chi connectivity index (χ1n) is 5.73. The number of hydrogen-bond acceptors (Lipinski definition) is 2. The summed E-state index contributed by atoms with van der Waals surface area (Å²) in [6.07, 6.45) is 3.13. The maximum Gasteiger partial charge on any atom is 0.119 e. The molecule has 0 radical (unpaired) electrons. The molecule has 2 heteroatoms. The summed E-state index contributed by atoms with van der Waals surface area (Å²) >= 11 is 0. The summed E-state index contributed by atoms with van der Waals surface area (Å²) in [6, 6.07) is 8.59. The van der Waals surface area contributed by atoms with Crippen molar-refractivity contribution in [1.29, 1.82) is 0 Å². The number of nitrogens with two attached hydrogens (primary N) is 1. The van der Waals surface area contributed by atoms with Crippen LogP contribution in [-0.2, 0) is 6.42 Å². The molecule has 0 spiro atoms. The lowest BCUT2D eigenvalue weighted by molar-refractivity contribution is 0.340. The van der Waals surface area contributed by atoms with Gasteiger partial charge in [-0.15, -0.1) is 0 Å². The maximum absolute atomic E-state index is 5.89. The van der Waals surface area contributed by atoms with Crippen LogP contribution >= 0.6 is 0 Å². The molecule has 0 saturated carbocycles. The minimum absolute atomic E-state index is 0.320. The van der Waals surface area contributed by atoms with E-state index in [1.54, 1.807) is 0 Å². The van der Waals surface area contributed by atoms with E-state index in [4.69, 9.17) is 10.5 Å². The van der Waals surface area contributed by atoms with Gasteiger partial charge in [0, 0.05) is 6.04 Å². The molecule has 15 heavy (non-hydrogen) atoms. The highest BCUT2D eigenvalue weighted by Gasteiger charge is 2.01. The van der Waals surface area contributed by atoms with E-state index in [0.717, 1.165) is 31.6 Å². The molecule has 1 aromatic carbocycles. The van der Waals surface area contributed by atoms with Crippen LogP contribution in [0.1, 0.15) is 32.3 Å². The van der Waals surface area contributed by atoms with Gasteiger partial charge in [0.15, 0.2) is 0 Å². The first kappa shape index (κ1) is 12.1. The van der Waals surface area contributed by atoms with Crippen LogP contribution in [0.3, 0.4) is 0 Å². The van der Waals surface area contributed by atoms with Crippen LogP contribution in [-0.4, -0.2) is 12.6 Å². The van der Waals surface area contributed by atoms with Gasteiger partial charge in [0.2, 0.25) is 0 Å². The summed E-state index contributed by atoms with van der Waals surface area (Å²) in [5, 5.41) is 0. The second-order valence-electron chi connectivity index (χ2n) is 3.79. The van der Waals surface area contributed by atoms with Crippen LogP contribution in [0.2, 0.25) is 0 Å². The fraction of sp³-hybridized carbons (Fsp3) is 0.538. The van der Waals surface area contributed by atoms with Crippen LogP contribution in [0.4, 0.5) is 0 Å². The number of rotatable bonds is 6. The van der Waals surface area contributed by atoms with E-state index in [1.165, 1.54) is 5.56 Å². The molecular formula is C13H21NO. The van der Waals surface area contributed by atoms with Gasteiger partial charge < -0.3 is 10.5 Å². The van der Waals surface area contributed by atoms with Crippen LogP contribution in [0.15, 0.2) is 24.3 Å². The molecule has 0 aliphatic heterocycles. The highest BCUT2D eigenvalue weighted by molar-refractivity contribution is 5.28. The fourth-order valence-corrected chi connectivity index (χ4v) is 1.51. The topological polar surface area (TPSA) is 35.2 Å². The third-order valence-electron chi connectivity index (χ3n) is 2.54. The standard InChI is InChI=1S/C13H21NO/c1-3-12(14)9-8-11-6-5-7-13(10-11)15-4-2/h5-7,10,12H,3-4,8-9,14H2,1-2H3. The van der Waals surface area contributed by atoms with E-state index in [9.17, 15) is 0 Å². The van der Waals surface area contributed by atoms with Crippen LogP contribution < -0.4 is 10.5 Å². The van der Waals surface area contributed by atoms with Crippen molar-refractivity contribution in [3.8, 4) is 5.75 Å². The number of hydrogen-bond donors (Lipinski definition) is 1. The molecule has 1 atom stereocenters. The third-order valence-corrected chi connectivity index (χ3v) is 2.54. The molecule has 0 fully saturated rings. The summed E-state index contributed by atoms with van der Waals surface area (Å²) in [7, 11) is 0. The Morgan fingerprint density at radius 3 is 2.80 bits per heavy atom. The normalized spacial score (nSPS) is 12.5. The lowest BCUT2D eigenvalue weighted by atomic mass is 10.0. The van der Waals surface area contributed by atoms with Gasteiger partial charge in [0.1, 0.15) is 5.75 Å². The summed E-state index contributed by atoms with van der Waals surface area (Å²) < 4.78 is 5.45. The van der Waals surface area contributed by atoms with Crippen molar-refractivity contribution in [2.45, 2.75) is 39.2 Å². The minimum atomic E-state index is 0.320. The van der Waals surface area contributed by atoms with Crippen molar-refractivity contribution in [3.63, 3.8) is 0 Å². The van der Waals surface area contributed by atoms with E-state index < -0.39 is 0 Å². The second-order valence-corrected chi connectivity index (χ2v) is 3.79. The molecule has 0 aliphatic carbocycles. The van der Waals surface area contributed by atoms with Crippen molar-refractivity contribution >= 4 is 0 Å². The van der Waals surface area contributed by atoms with Gasteiger partial charge >= 0.3 is 0 Å². The van der Waals surface area contributed by atoms with Gasteiger partial charge in [-0.3, -0.25) is 0 Å². The van der Waals surface area contributed by atoms with Gasteiger partial charge in [0.05, 0.1) is 6.61 Å². The van der Waals surface area contributed by atoms with Gasteiger partial charge in [-0.1, -0.05) is 19.1 Å². The van der Waals surface area contributed by atoms with Gasteiger partial charge in [-0.25, -0.2) is 0 Å². The molecule has 0 saturated heterocycles. The Morgan fingerprint density at radius 1 is 1.33 bits per heavy atom. The predicted molar refractivity (Wildman–Crippen MR) is 64.2 cm³/mol. The van der Waals surface area contributed by atoms with E-state index in [1.807, 2.05) is 19.1 Å². The molecule has 0 amide bonds. The smallest absolute Gasteiger partial charge is 0.119 e. The molecule has 1 unspecified atom stereocenters. The highest BCUT2D eigenvalue weighted by atomic mass is 16.5. The van der Waals surface area contributed by atoms with Gasteiger partial charge in [-0.2, -0.15) is 0 Å². The minimum Gasteiger partial charge on any atom is -0.494 e. The Morgan fingerprint density at radius 2 is 2.13 bits per heavy atom. The molecule has 2 N–H and O–H groups in total. The molecule has 0 aromatic heterocycles. The zero-order chi connectivity index (χ0) is 11.1. The van der Waals surface area contributed by atoms with Crippen LogP contribution in [0.25, 0.3) is 0 Å². The molecule has 1 aromatic rings. The average molecular weight is 207 g/mol. The highest BCUT2D eigenvalue weighted by Crippen LogP contribution is 2.15. The van der Waals surface area contributed by atoms with E-state index in [0.29, 0.717) is 6.04 Å². The van der Waals surface area contributed by atoms with Crippen molar-refractivity contribution in [1.82, 2.24) is 0 Å². The van der Waals surface area contributed by atoms with Crippen molar-refractivity contribution in [3.05, 3.63) is 29.8 Å². The zero-order valence-corrected chi connectivity index (χ0v) is 9.70. The summed E-state index contributed by atoms with van der Waals surface area (Å²) in [5.41, 5.74) is 7.20. The molecule has 1 rings (SSSR count). The average Bonchev–Trinajstić information content (AvgIpc) is 2.27. The summed E-state index contributed by atoms with van der Waals surface area (Å²) in [6.45, 7) is 4.85. The first-order valence-corrected chi connectivity index (χ1v) is 5.73. The SMILES string of the molecule is CCOc1cccc(CCC(N)CC)c1. The third kappa shape index (κ3) is 4.34. The number of benzene rings is 1. The van der Waals surface area contributed by atoms with E-state index >= 15 is 0 Å². The fourth-order valence-electron chi connectivity index (χ4n) is 1.51. The Hall–Kier alpha value is -1.02. The van der Waals surface area contributed by atoms with Gasteiger partial charge in [0.25, 0.3) is 0 Å². The zero-order valence-electron chi connectivity index (χ0n) is 9.70.